The van der Waals surface area contributed by atoms with Crippen molar-refractivity contribution in [1.82, 2.24) is 5.32 Å². The monoisotopic (exact) mass is 273 g/mol. The number of nitrogens with one attached hydrogen (secondary N) is 1. The molecule has 1 rings (SSSR count). The summed E-state index contributed by atoms with van der Waals surface area (Å²) in [5.74, 6) is 0.294. The summed E-state index contributed by atoms with van der Waals surface area (Å²) in [6.45, 7) is 9.05. The lowest BCUT2D eigenvalue weighted by Gasteiger charge is -2.23. The lowest BCUT2D eigenvalue weighted by atomic mass is 9.98. The first kappa shape index (κ1) is 16.0. The normalized spacial score (nSPS) is 14.5. The Morgan fingerprint density at radius 2 is 1.79 bits per heavy atom. The highest BCUT2D eigenvalue weighted by molar-refractivity contribution is 5.26. The summed E-state index contributed by atoms with van der Waals surface area (Å²) >= 11 is 0. The van der Waals surface area contributed by atoms with Gasteiger partial charge in [0.2, 0.25) is 0 Å². The molecule has 0 spiro atoms. The zero-order valence-corrected chi connectivity index (χ0v) is 11.9. The van der Waals surface area contributed by atoms with E-state index in [1.807, 2.05) is 6.92 Å². The number of halogens is 3. The Morgan fingerprint density at radius 3 is 2.32 bits per heavy atom. The molecule has 1 N–H and O–H groups in total. The predicted octanol–water partition coefficient (Wildman–Crippen LogP) is 4.27. The summed E-state index contributed by atoms with van der Waals surface area (Å²) in [6.07, 6.45) is -3.62. The Kier molecular flexibility index (Phi) is 5.02. The van der Waals surface area contributed by atoms with Gasteiger partial charge in [0.05, 0.1) is 5.56 Å². The quantitative estimate of drug-likeness (QED) is 0.863. The van der Waals surface area contributed by atoms with Gasteiger partial charge in [0.25, 0.3) is 0 Å². The van der Waals surface area contributed by atoms with Gasteiger partial charge < -0.3 is 5.32 Å². The fourth-order valence-corrected chi connectivity index (χ4v) is 1.83. The molecule has 0 saturated carbocycles. The smallest absolute Gasteiger partial charge is 0.312 e. The van der Waals surface area contributed by atoms with Crippen LogP contribution in [0, 0.1) is 5.92 Å². The minimum Gasteiger partial charge on any atom is -0.312 e. The Morgan fingerprint density at radius 1 is 1.16 bits per heavy atom. The van der Waals surface area contributed by atoms with Gasteiger partial charge in [-0.15, -0.1) is 0 Å². The molecular weight excluding hydrogens is 251 g/mol. The van der Waals surface area contributed by atoms with Crippen molar-refractivity contribution in [2.75, 3.05) is 6.54 Å². The number of hydrogen-bond acceptors (Lipinski definition) is 1. The summed E-state index contributed by atoms with van der Waals surface area (Å²) in [5.41, 5.74) is 0.196. The molecule has 4 heteroatoms. The molecule has 1 aromatic rings. The van der Waals surface area contributed by atoms with Crippen molar-refractivity contribution < 1.29 is 13.2 Å². The molecular formula is C15H22F3N. The topological polar surface area (TPSA) is 12.0 Å². The van der Waals surface area contributed by atoms with Crippen LogP contribution >= 0.6 is 0 Å². The highest BCUT2D eigenvalue weighted by Gasteiger charge is 2.30. The SMILES string of the molecule is CC(CNC(C)(C)C)Cc1cccc(C(F)(F)F)c1. The first-order valence-electron chi connectivity index (χ1n) is 6.49. The zero-order chi connectivity index (χ0) is 14.7. The highest BCUT2D eigenvalue weighted by atomic mass is 19.4. The minimum absolute atomic E-state index is 0.0298. The molecule has 1 atom stereocenters. The molecule has 0 bridgehead atoms. The number of hydrogen-bond donors (Lipinski definition) is 1. The fourth-order valence-electron chi connectivity index (χ4n) is 1.83. The molecule has 0 aliphatic carbocycles. The molecule has 0 radical (unpaired) electrons. The van der Waals surface area contributed by atoms with Crippen LogP contribution in [0.2, 0.25) is 0 Å². The van der Waals surface area contributed by atoms with Gasteiger partial charge in [0.15, 0.2) is 0 Å². The number of rotatable bonds is 4. The summed E-state index contributed by atoms with van der Waals surface area (Å²) < 4.78 is 37.8. The third-order valence-corrected chi connectivity index (χ3v) is 2.82. The average molecular weight is 273 g/mol. The summed E-state index contributed by atoms with van der Waals surface area (Å²) in [6, 6.07) is 5.58. The van der Waals surface area contributed by atoms with Crippen LogP contribution in [0.1, 0.15) is 38.8 Å². The van der Waals surface area contributed by atoms with Gasteiger partial charge in [-0.2, -0.15) is 13.2 Å². The van der Waals surface area contributed by atoms with Crippen molar-refractivity contribution in [3.05, 3.63) is 35.4 Å². The molecule has 0 aliphatic heterocycles. The lowest BCUT2D eigenvalue weighted by molar-refractivity contribution is -0.137. The van der Waals surface area contributed by atoms with E-state index in [4.69, 9.17) is 0 Å². The molecule has 0 heterocycles. The summed E-state index contributed by atoms with van der Waals surface area (Å²) in [7, 11) is 0. The fraction of sp³-hybridized carbons (Fsp3) is 0.600. The van der Waals surface area contributed by atoms with E-state index in [1.165, 1.54) is 12.1 Å². The van der Waals surface area contributed by atoms with Gasteiger partial charge in [-0.25, -0.2) is 0 Å². The van der Waals surface area contributed by atoms with E-state index in [2.05, 4.69) is 26.1 Å². The van der Waals surface area contributed by atoms with Crippen LogP contribution in [0.25, 0.3) is 0 Å². The van der Waals surface area contributed by atoms with E-state index in [0.29, 0.717) is 12.3 Å². The van der Waals surface area contributed by atoms with Gasteiger partial charge in [-0.1, -0.05) is 25.1 Å². The number of alkyl halides is 3. The van der Waals surface area contributed by atoms with E-state index in [9.17, 15) is 13.2 Å². The van der Waals surface area contributed by atoms with Crippen LogP contribution in [-0.2, 0) is 12.6 Å². The molecule has 1 nitrogen and oxygen atoms in total. The molecule has 1 aromatic carbocycles. The highest BCUT2D eigenvalue weighted by Crippen LogP contribution is 2.29. The third kappa shape index (κ3) is 6.10. The van der Waals surface area contributed by atoms with Crippen LogP contribution in [0.3, 0.4) is 0 Å². The molecule has 0 amide bonds. The second-order valence-corrected chi connectivity index (χ2v) is 6.14. The van der Waals surface area contributed by atoms with Crippen LogP contribution in [0.5, 0.6) is 0 Å². The van der Waals surface area contributed by atoms with Crippen LogP contribution < -0.4 is 5.32 Å². The maximum absolute atomic E-state index is 12.6. The van der Waals surface area contributed by atoms with Gasteiger partial charge in [-0.3, -0.25) is 0 Å². The van der Waals surface area contributed by atoms with E-state index in [-0.39, 0.29) is 5.54 Å². The Hall–Kier alpha value is -1.03. The Bertz CT molecular complexity index is 405. The molecule has 108 valence electrons. The molecule has 1 unspecified atom stereocenters. The zero-order valence-electron chi connectivity index (χ0n) is 11.9. The standard InChI is InChI=1S/C15H22F3N/c1-11(10-19-14(2,3)4)8-12-6-5-7-13(9-12)15(16,17)18/h5-7,9,11,19H,8,10H2,1-4H3. The Balaban J connectivity index is 2.62. The maximum Gasteiger partial charge on any atom is 0.416 e. The minimum atomic E-state index is -4.26. The van der Waals surface area contributed by atoms with Crippen molar-refractivity contribution in [3.63, 3.8) is 0 Å². The van der Waals surface area contributed by atoms with Crippen LogP contribution in [-0.4, -0.2) is 12.1 Å². The largest absolute Gasteiger partial charge is 0.416 e. The summed E-state index contributed by atoms with van der Waals surface area (Å²) in [4.78, 5) is 0. The van der Waals surface area contributed by atoms with Crippen molar-refractivity contribution in [2.45, 2.75) is 45.8 Å². The molecule has 0 saturated heterocycles. The lowest BCUT2D eigenvalue weighted by Crippen LogP contribution is -2.39. The van der Waals surface area contributed by atoms with Crippen molar-refractivity contribution >= 4 is 0 Å². The molecule has 0 aliphatic rings. The van der Waals surface area contributed by atoms with Gasteiger partial charge >= 0.3 is 6.18 Å². The van der Waals surface area contributed by atoms with Crippen molar-refractivity contribution in [2.24, 2.45) is 5.92 Å². The second kappa shape index (κ2) is 5.95. The second-order valence-electron chi connectivity index (χ2n) is 6.14. The maximum atomic E-state index is 12.6. The Labute approximate surface area is 113 Å². The first-order chi connectivity index (χ1) is 8.58. The molecule has 0 aromatic heterocycles. The van der Waals surface area contributed by atoms with Crippen LogP contribution in [0.15, 0.2) is 24.3 Å². The van der Waals surface area contributed by atoms with E-state index < -0.39 is 11.7 Å². The molecule has 19 heavy (non-hydrogen) atoms. The average Bonchev–Trinajstić information content (AvgIpc) is 2.25. The summed E-state index contributed by atoms with van der Waals surface area (Å²) in [5, 5.41) is 3.36. The van der Waals surface area contributed by atoms with E-state index in [0.717, 1.165) is 18.2 Å². The number of benzene rings is 1. The first-order valence-corrected chi connectivity index (χ1v) is 6.49. The van der Waals surface area contributed by atoms with E-state index >= 15 is 0 Å². The van der Waals surface area contributed by atoms with Gasteiger partial charge in [0.1, 0.15) is 0 Å². The van der Waals surface area contributed by atoms with Crippen LogP contribution in [0.4, 0.5) is 13.2 Å². The van der Waals surface area contributed by atoms with Gasteiger partial charge in [0, 0.05) is 5.54 Å². The third-order valence-electron chi connectivity index (χ3n) is 2.82. The molecule has 0 fully saturated rings. The van der Waals surface area contributed by atoms with Crippen molar-refractivity contribution in [1.29, 1.82) is 0 Å². The predicted molar refractivity (Wildman–Crippen MR) is 72.1 cm³/mol. The van der Waals surface area contributed by atoms with E-state index in [1.54, 1.807) is 6.07 Å². The van der Waals surface area contributed by atoms with Gasteiger partial charge in [-0.05, 0) is 51.3 Å². The van der Waals surface area contributed by atoms with Crippen molar-refractivity contribution in [3.8, 4) is 0 Å².